The maximum absolute atomic E-state index is 6.19. The molecule has 15 heavy (non-hydrogen) atoms. The molecule has 80 valence electrons. The molecule has 1 aromatic carbocycles. The van der Waals surface area contributed by atoms with Crippen LogP contribution in [-0.2, 0) is 0 Å². The fourth-order valence-electron chi connectivity index (χ4n) is 1.49. The van der Waals surface area contributed by atoms with Gasteiger partial charge in [0.25, 0.3) is 0 Å². The van der Waals surface area contributed by atoms with Gasteiger partial charge in [0.05, 0.1) is 0 Å². The molecule has 0 aliphatic carbocycles. The highest BCUT2D eigenvalue weighted by atomic mass is 35.5. The third-order valence-corrected chi connectivity index (χ3v) is 2.69. The molecule has 1 N–H and O–H groups in total. The van der Waals surface area contributed by atoms with Gasteiger partial charge in [-0.1, -0.05) is 23.7 Å². The quantitative estimate of drug-likeness (QED) is 0.773. The van der Waals surface area contributed by atoms with Crippen molar-refractivity contribution in [1.29, 1.82) is 0 Å². The summed E-state index contributed by atoms with van der Waals surface area (Å²) in [7, 11) is 1.93. The van der Waals surface area contributed by atoms with E-state index < -0.39 is 0 Å². The Balaban J connectivity index is 2.94. The van der Waals surface area contributed by atoms with Gasteiger partial charge in [-0.3, -0.25) is 0 Å². The van der Waals surface area contributed by atoms with Gasteiger partial charge in [0.1, 0.15) is 0 Å². The Morgan fingerprint density at radius 3 is 2.73 bits per heavy atom. The van der Waals surface area contributed by atoms with E-state index >= 15 is 0 Å². The van der Waals surface area contributed by atoms with E-state index in [0.717, 1.165) is 17.0 Å². The molecule has 1 unspecified atom stereocenters. The number of benzene rings is 1. The Bertz CT molecular complexity index is 387. The molecule has 1 aromatic rings. The smallest absolute Gasteiger partial charge is 0.0456 e. The van der Waals surface area contributed by atoms with Gasteiger partial charge in [0, 0.05) is 17.5 Å². The lowest BCUT2D eigenvalue weighted by atomic mass is 10.0. The van der Waals surface area contributed by atoms with Crippen LogP contribution in [0, 0.1) is 18.8 Å². The maximum Gasteiger partial charge on any atom is 0.0456 e. The molecule has 0 radical (unpaired) electrons. The molecule has 0 bridgehead atoms. The standard InChI is InChI=1S/C13H16ClN/c1-4-5-6-13(15-3)11-8-7-10(2)9-12(11)14/h7-9,13,15H,6H2,1-3H3. The van der Waals surface area contributed by atoms with Crippen LogP contribution in [0.2, 0.25) is 5.02 Å². The minimum Gasteiger partial charge on any atom is -0.312 e. The summed E-state index contributed by atoms with van der Waals surface area (Å²) in [6.07, 6.45) is 0.787. The highest BCUT2D eigenvalue weighted by molar-refractivity contribution is 6.31. The maximum atomic E-state index is 6.19. The fourth-order valence-corrected chi connectivity index (χ4v) is 1.85. The van der Waals surface area contributed by atoms with Gasteiger partial charge in [-0.25, -0.2) is 0 Å². The monoisotopic (exact) mass is 221 g/mol. The van der Waals surface area contributed by atoms with Crippen LogP contribution in [0.15, 0.2) is 18.2 Å². The van der Waals surface area contributed by atoms with Gasteiger partial charge < -0.3 is 5.32 Å². The molecule has 0 aliphatic heterocycles. The molecule has 1 nitrogen and oxygen atoms in total. The SMILES string of the molecule is CC#CCC(NC)c1ccc(C)cc1Cl. The first-order chi connectivity index (χ1) is 7.19. The fraction of sp³-hybridized carbons (Fsp3) is 0.385. The van der Waals surface area contributed by atoms with E-state index in [0.29, 0.717) is 0 Å². The van der Waals surface area contributed by atoms with Crippen molar-refractivity contribution in [3.8, 4) is 11.8 Å². The largest absolute Gasteiger partial charge is 0.312 e. The molecule has 0 saturated heterocycles. The van der Waals surface area contributed by atoms with E-state index in [2.05, 4.69) is 29.3 Å². The van der Waals surface area contributed by atoms with Crippen molar-refractivity contribution >= 4 is 11.6 Å². The molecular weight excluding hydrogens is 206 g/mol. The topological polar surface area (TPSA) is 12.0 Å². The highest BCUT2D eigenvalue weighted by Gasteiger charge is 2.11. The second-order valence-corrected chi connectivity index (χ2v) is 3.90. The molecular formula is C13H16ClN. The van der Waals surface area contributed by atoms with Crippen LogP contribution in [0.25, 0.3) is 0 Å². The Morgan fingerprint density at radius 1 is 1.47 bits per heavy atom. The molecule has 1 atom stereocenters. The second kappa shape index (κ2) is 5.80. The minimum atomic E-state index is 0.213. The molecule has 2 heteroatoms. The Kier molecular flexibility index (Phi) is 4.68. The molecule has 1 rings (SSSR count). The lowest BCUT2D eigenvalue weighted by Gasteiger charge is -2.15. The average Bonchev–Trinajstić information content (AvgIpc) is 2.21. The van der Waals surface area contributed by atoms with Crippen molar-refractivity contribution < 1.29 is 0 Å². The molecule has 0 spiro atoms. The first-order valence-corrected chi connectivity index (χ1v) is 5.39. The van der Waals surface area contributed by atoms with Crippen molar-refractivity contribution in [2.45, 2.75) is 26.3 Å². The summed E-state index contributed by atoms with van der Waals surface area (Å²) in [5.74, 6) is 5.97. The van der Waals surface area contributed by atoms with E-state index in [-0.39, 0.29) is 6.04 Å². The number of halogens is 1. The van der Waals surface area contributed by atoms with Crippen molar-refractivity contribution in [2.75, 3.05) is 7.05 Å². The van der Waals surface area contributed by atoms with Gasteiger partial charge in [0.2, 0.25) is 0 Å². The van der Waals surface area contributed by atoms with Gasteiger partial charge in [0.15, 0.2) is 0 Å². The highest BCUT2D eigenvalue weighted by Crippen LogP contribution is 2.25. The number of rotatable bonds is 3. The molecule has 0 amide bonds. The van der Waals surface area contributed by atoms with Gasteiger partial charge >= 0.3 is 0 Å². The van der Waals surface area contributed by atoms with Crippen molar-refractivity contribution in [1.82, 2.24) is 5.32 Å². The van der Waals surface area contributed by atoms with E-state index in [1.54, 1.807) is 0 Å². The third kappa shape index (κ3) is 3.27. The van der Waals surface area contributed by atoms with Crippen LogP contribution in [0.1, 0.15) is 30.5 Å². The molecule has 0 saturated carbocycles. The predicted octanol–water partition coefficient (Wildman–Crippen LogP) is 3.32. The summed E-state index contributed by atoms with van der Waals surface area (Å²) in [5.41, 5.74) is 2.30. The van der Waals surface area contributed by atoms with E-state index in [4.69, 9.17) is 11.6 Å². The summed E-state index contributed by atoms with van der Waals surface area (Å²) < 4.78 is 0. The zero-order valence-electron chi connectivity index (χ0n) is 9.39. The Hall–Kier alpha value is -0.970. The summed E-state index contributed by atoms with van der Waals surface area (Å²) in [6, 6.07) is 6.34. The molecule has 0 aromatic heterocycles. The van der Waals surface area contributed by atoms with Crippen molar-refractivity contribution in [3.63, 3.8) is 0 Å². The lowest BCUT2D eigenvalue weighted by molar-refractivity contribution is 0.611. The summed E-state index contributed by atoms with van der Waals surface area (Å²) in [6.45, 7) is 3.89. The summed E-state index contributed by atoms with van der Waals surface area (Å²) >= 11 is 6.19. The van der Waals surface area contributed by atoms with Gasteiger partial charge in [-0.2, -0.15) is 0 Å². The number of hydrogen-bond donors (Lipinski definition) is 1. The number of aryl methyl sites for hydroxylation is 1. The summed E-state index contributed by atoms with van der Waals surface area (Å²) in [5, 5.41) is 4.04. The number of hydrogen-bond acceptors (Lipinski definition) is 1. The first kappa shape index (κ1) is 12.1. The third-order valence-electron chi connectivity index (χ3n) is 2.36. The molecule has 0 aliphatic rings. The van der Waals surface area contributed by atoms with E-state index in [1.165, 1.54) is 5.56 Å². The van der Waals surface area contributed by atoms with Crippen molar-refractivity contribution in [2.24, 2.45) is 0 Å². The van der Waals surface area contributed by atoms with Gasteiger partial charge in [-0.15, -0.1) is 11.8 Å². The first-order valence-electron chi connectivity index (χ1n) is 5.02. The van der Waals surface area contributed by atoms with Crippen LogP contribution in [-0.4, -0.2) is 7.05 Å². The molecule has 0 heterocycles. The van der Waals surface area contributed by atoms with Crippen molar-refractivity contribution in [3.05, 3.63) is 34.3 Å². The average molecular weight is 222 g/mol. The van der Waals surface area contributed by atoms with Crippen LogP contribution < -0.4 is 5.32 Å². The number of nitrogens with one attached hydrogen (secondary N) is 1. The second-order valence-electron chi connectivity index (χ2n) is 3.50. The van der Waals surface area contributed by atoms with Crippen LogP contribution >= 0.6 is 11.6 Å². The van der Waals surface area contributed by atoms with E-state index in [1.807, 2.05) is 27.0 Å². The zero-order valence-corrected chi connectivity index (χ0v) is 10.2. The zero-order chi connectivity index (χ0) is 11.3. The summed E-state index contributed by atoms with van der Waals surface area (Å²) in [4.78, 5) is 0. The van der Waals surface area contributed by atoms with E-state index in [9.17, 15) is 0 Å². The molecule has 0 fully saturated rings. The van der Waals surface area contributed by atoms with Crippen LogP contribution in [0.3, 0.4) is 0 Å². The Labute approximate surface area is 96.8 Å². The Morgan fingerprint density at radius 2 is 2.20 bits per heavy atom. The minimum absolute atomic E-state index is 0.213. The van der Waals surface area contributed by atoms with Crippen LogP contribution in [0.4, 0.5) is 0 Å². The van der Waals surface area contributed by atoms with Gasteiger partial charge in [-0.05, 0) is 38.1 Å². The normalized spacial score (nSPS) is 11.7. The predicted molar refractivity (Wildman–Crippen MR) is 66.1 cm³/mol. The van der Waals surface area contributed by atoms with Crippen LogP contribution in [0.5, 0.6) is 0 Å². The lowest BCUT2D eigenvalue weighted by Crippen LogP contribution is -2.16.